The molecule has 1 aliphatic rings. The van der Waals surface area contributed by atoms with Crippen LogP contribution in [0.4, 0.5) is 5.13 Å². The van der Waals surface area contributed by atoms with E-state index in [1.54, 1.807) is 18.2 Å². The second kappa shape index (κ2) is 9.79. The molecule has 1 aliphatic heterocycles. The number of rotatable bonds is 8. The number of nitrogens with zero attached hydrogens (tertiary/aromatic N) is 3. The van der Waals surface area contributed by atoms with Gasteiger partial charge in [-0.3, -0.25) is 14.5 Å². The van der Waals surface area contributed by atoms with E-state index in [0.29, 0.717) is 39.9 Å². The molecule has 0 N–H and O–H groups in total. The van der Waals surface area contributed by atoms with Crippen LogP contribution < -0.4 is 15.1 Å². The number of benzene rings is 2. The minimum absolute atomic E-state index is 0.0114. The van der Waals surface area contributed by atoms with Crippen LogP contribution in [0.5, 0.6) is 5.75 Å². The first-order valence-electron chi connectivity index (χ1n) is 11.7. The molecule has 9 heteroatoms. The number of fused-ring (bicyclic) bond motifs is 2. The van der Waals surface area contributed by atoms with Crippen molar-refractivity contribution < 1.29 is 13.9 Å². The molecule has 0 aliphatic carbocycles. The van der Waals surface area contributed by atoms with Crippen LogP contribution in [-0.4, -0.2) is 22.7 Å². The molecule has 7 nitrogen and oxygen atoms in total. The summed E-state index contributed by atoms with van der Waals surface area (Å²) in [6.45, 7) is 4.72. The van der Waals surface area contributed by atoms with Gasteiger partial charge in [0.1, 0.15) is 16.3 Å². The highest BCUT2D eigenvalue weighted by Gasteiger charge is 2.45. The molecule has 0 spiro atoms. The van der Waals surface area contributed by atoms with E-state index in [0.717, 1.165) is 29.8 Å². The van der Waals surface area contributed by atoms with E-state index in [1.807, 2.05) is 31.2 Å². The van der Waals surface area contributed by atoms with Gasteiger partial charge in [-0.1, -0.05) is 61.8 Å². The Labute approximate surface area is 211 Å². The van der Waals surface area contributed by atoms with Gasteiger partial charge in [0.25, 0.3) is 5.91 Å². The Kier molecular flexibility index (Phi) is 6.58. The molecule has 1 unspecified atom stereocenters. The second-order valence-electron chi connectivity index (χ2n) is 8.35. The molecule has 4 aromatic rings. The Morgan fingerprint density at radius 1 is 1.11 bits per heavy atom. The normalized spacial score (nSPS) is 15.1. The van der Waals surface area contributed by atoms with Gasteiger partial charge in [0, 0.05) is 5.02 Å². The highest BCUT2D eigenvalue weighted by atomic mass is 35.5. The summed E-state index contributed by atoms with van der Waals surface area (Å²) in [4.78, 5) is 28.9. The fourth-order valence-electron chi connectivity index (χ4n) is 4.26. The maximum Gasteiger partial charge on any atom is 0.297 e. The average Bonchev–Trinajstić information content (AvgIpc) is 3.45. The van der Waals surface area contributed by atoms with Crippen molar-refractivity contribution in [3.8, 4) is 5.75 Å². The van der Waals surface area contributed by atoms with Crippen LogP contribution in [0.15, 0.2) is 51.7 Å². The van der Waals surface area contributed by atoms with E-state index in [1.165, 1.54) is 16.2 Å². The van der Waals surface area contributed by atoms with E-state index >= 15 is 0 Å². The highest BCUT2D eigenvalue weighted by molar-refractivity contribution is 7.15. The van der Waals surface area contributed by atoms with Crippen molar-refractivity contribution in [3.05, 3.63) is 79.6 Å². The van der Waals surface area contributed by atoms with E-state index in [4.69, 9.17) is 20.8 Å². The summed E-state index contributed by atoms with van der Waals surface area (Å²) in [5.41, 5.74) is 1.01. The molecule has 0 radical (unpaired) electrons. The van der Waals surface area contributed by atoms with Gasteiger partial charge >= 0.3 is 0 Å². The summed E-state index contributed by atoms with van der Waals surface area (Å²) in [5, 5.41) is 10.4. The first-order chi connectivity index (χ1) is 17.0. The molecule has 0 bridgehead atoms. The van der Waals surface area contributed by atoms with Crippen molar-refractivity contribution in [1.82, 2.24) is 10.2 Å². The monoisotopic (exact) mass is 509 g/mol. The van der Waals surface area contributed by atoms with Crippen molar-refractivity contribution in [3.63, 3.8) is 0 Å². The maximum absolute atomic E-state index is 13.7. The predicted molar refractivity (Wildman–Crippen MR) is 137 cm³/mol. The fourth-order valence-corrected chi connectivity index (χ4v) is 5.24. The molecule has 1 atom stereocenters. The summed E-state index contributed by atoms with van der Waals surface area (Å²) in [5.74, 6) is 0.267. The first kappa shape index (κ1) is 23.5. The quantitative estimate of drug-likeness (QED) is 0.264. The number of unbranched alkanes of at least 4 members (excludes halogenated alkanes) is 2. The lowest BCUT2D eigenvalue weighted by molar-refractivity contribution is 0.0970. The number of carbonyl (C=O) groups excluding carboxylic acids is 1. The smallest absolute Gasteiger partial charge is 0.297 e. The van der Waals surface area contributed by atoms with Gasteiger partial charge in [-0.05, 0) is 48.7 Å². The summed E-state index contributed by atoms with van der Waals surface area (Å²) in [6, 6.07) is 11.6. The van der Waals surface area contributed by atoms with Gasteiger partial charge in [0.15, 0.2) is 5.43 Å². The number of aromatic nitrogens is 2. The number of aryl methyl sites for hydroxylation is 1. The van der Waals surface area contributed by atoms with Crippen LogP contribution in [0.25, 0.3) is 11.0 Å². The lowest BCUT2D eigenvalue weighted by Crippen LogP contribution is -2.29. The Bertz CT molecular complexity index is 1460. The third-order valence-corrected chi connectivity index (χ3v) is 7.29. The molecule has 2 aromatic carbocycles. The van der Waals surface area contributed by atoms with E-state index in [2.05, 4.69) is 17.1 Å². The zero-order valence-electron chi connectivity index (χ0n) is 19.4. The zero-order chi connectivity index (χ0) is 24.5. The summed E-state index contributed by atoms with van der Waals surface area (Å²) >= 11 is 7.49. The van der Waals surface area contributed by atoms with Crippen LogP contribution >= 0.6 is 22.9 Å². The maximum atomic E-state index is 13.7. The number of anilines is 1. The summed E-state index contributed by atoms with van der Waals surface area (Å²) in [6.07, 6.45) is 3.84. The van der Waals surface area contributed by atoms with Crippen LogP contribution in [0.2, 0.25) is 5.02 Å². The average molecular weight is 510 g/mol. The molecular formula is C26H24ClN3O4S. The summed E-state index contributed by atoms with van der Waals surface area (Å²) < 4.78 is 11.9. The number of carbonyl (C=O) groups is 1. The van der Waals surface area contributed by atoms with E-state index < -0.39 is 11.9 Å². The molecule has 3 heterocycles. The number of hydrogen-bond donors (Lipinski definition) is 0. The molecule has 180 valence electrons. The molecular weight excluding hydrogens is 486 g/mol. The lowest BCUT2D eigenvalue weighted by atomic mass is 9.98. The molecule has 2 aromatic heterocycles. The first-order valence-corrected chi connectivity index (χ1v) is 12.9. The molecule has 0 saturated heterocycles. The van der Waals surface area contributed by atoms with Crippen LogP contribution in [0.1, 0.15) is 65.8 Å². The summed E-state index contributed by atoms with van der Waals surface area (Å²) in [7, 11) is 0. The molecule has 1 amide bonds. The van der Waals surface area contributed by atoms with E-state index in [-0.39, 0.29) is 16.8 Å². The number of hydrogen-bond acceptors (Lipinski definition) is 7. The molecule has 5 rings (SSSR count). The van der Waals surface area contributed by atoms with Gasteiger partial charge in [-0.2, -0.15) is 0 Å². The predicted octanol–water partition coefficient (Wildman–Crippen LogP) is 6.18. The van der Waals surface area contributed by atoms with Crippen molar-refractivity contribution in [2.24, 2.45) is 0 Å². The van der Waals surface area contributed by atoms with Crippen molar-refractivity contribution in [1.29, 1.82) is 0 Å². The minimum Gasteiger partial charge on any atom is -0.494 e. The number of ether oxygens (including phenoxy) is 1. The van der Waals surface area contributed by atoms with Gasteiger partial charge in [0.2, 0.25) is 10.9 Å². The van der Waals surface area contributed by atoms with E-state index in [9.17, 15) is 9.59 Å². The zero-order valence-corrected chi connectivity index (χ0v) is 21.0. The Morgan fingerprint density at radius 2 is 1.97 bits per heavy atom. The molecule has 0 saturated carbocycles. The third-order valence-electron chi connectivity index (χ3n) is 5.99. The standard InChI is InChI=1S/C26H24ClN3O4S/c1-3-5-6-12-33-17-9-7-8-15(13-17)22-21-23(31)18-14-16(27)10-11-19(18)34-24(21)25(32)30(22)26-29-28-20(4-2)35-26/h7-11,13-14,22H,3-6,12H2,1-2H3. The van der Waals surface area contributed by atoms with Crippen molar-refractivity contribution in [2.75, 3.05) is 11.5 Å². The fraction of sp³-hybridized carbons (Fsp3) is 0.308. The number of halogens is 1. The van der Waals surface area contributed by atoms with Gasteiger partial charge < -0.3 is 9.15 Å². The van der Waals surface area contributed by atoms with Crippen molar-refractivity contribution in [2.45, 2.75) is 45.6 Å². The van der Waals surface area contributed by atoms with Crippen LogP contribution in [0.3, 0.4) is 0 Å². The highest BCUT2D eigenvalue weighted by Crippen LogP contribution is 2.42. The largest absolute Gasteiger partial charge is 0.494 e. The van der Waals surface area contributed by atoms with Crippen LogP contribution in [-0.2, 0) is 6.42 Å². The lowest BCUT2D eigenvalue weighted by Gasteiger charge is -2.22. The topological polar surface area (TPSA) is 85.5 Å². The molecule has 0 fully saturated rings. The Hall–Kier alpha value is -3.23. The Balaban J connectivity index is 1.66. The van der Waals surface area contributed by atoms with Gasteiger partial charge in [-0.15, -0.1) is 10.2 Å². The van der Waals surface area contributed by atoms with Crippen LogP contribution in [0, 0.1) is 0 Å². The van der Waals surface area contributed by atoms with Gasteiger partial charge in [0.05, 0.1) is 23.6 Å². The second-order valence-corrected chi connectivity index (χ2v) is 9.83. The third kappa shape index (κ3) is 4.32. The molecule has 35 heavy (non-hydrogen) atoms. The van der Waals surface area contributed by atoms with Crippen molar-refractivity contribution >= 4 is 44.9 Å². The number of amides is 1. The Morgan fingerprint density at radius 3 is 2.74 bits per heavy atom. The SMILES string of the molecule is CCCCCOc1cccc(C2c3c(oc4ccc(Cl)cc4c3=O)C(=O)N2c2nnc(CC)s2)c1. The minimum atomic E-state index is -0.728. The van der Waals surface area contributed by atoms with Gasteiger partial charge in [-0.25, -0.2) is 0 Å².